The van der Waals surface area contributed by atoms with Gasteiger partial charge in [-0.3, -0.25) is 10.4 Å². The van der Waals surface area contributed by atoms with Gasteiger partial charge < -0.3 is 0 Å². The standard InChI is InChI=1S/C10H13N3S/c1-2-8-12-13(10(11)14)9-6-4-3-5-7-9/h2-7,12H,1,8H2,(H2,11,14). The molecule has 1 aromatic rings. The van der Waals surface area contributed by atoms with Crippen LogP contribution in [0.4, 0.5) is 5.69 Å². The summed E-state index contributed by atoms with van der Waals surface area (Å²) in [4.78, 5) is 0. The average Bonchev–Trinajstić information content (AvgIpc) is 2.19. The topological polar surface area (TPSA) is 39.1 Å². The Morgan fingerprint density at radius 2 is 2.14 bits per heavy atom. The fraction of sp³-hybridized carbons (Fsp3) is 0.100. The number of nitrogens with one attached hydrogen (secondary N) is 2. The summed E-state index contributed by atoms with van der Waals surface area (Å²) in [7, 11) is 0. The van der Waals surface area contributed by atoms with E-state index >= 15 is 0 Å². The van der Waals surface area contributed by atoms with Crippen molar-refractivity contribution in [2.24, 2.45) is 0 Å². The van der Waals surface area contributed by atoms with Crippen LogP contribution in [0.5, 0.6) is 0 Å². The van der Waals surface area contributed by atoms with Crippen LogP contribution in [-0.4, -0.2) is 11.7 Å². The second-order valence-corrected chi connectivity index (χ2v) is 3.07. The number of amidine groups is 1. The highest BCUT2D eigenvalue weighted by Crippen LogP contribution is 2.11. The highest BCUT2D eigenvalue weighted by molar-refractivity contribution is 7.97. The van der Waals surface area contributed by atoms with E-state index in [0.29, 0.717) is 6.54 Å². The predicted octanol–water partition coefficient (Wildman–Crippen LogP) is 2.05. The average molecular weight is 207 g/mol. The molecule has 0 fully saturated rings. The quantitative estimate of drug-likeness (QED) is 0.232. The van der Waals surface area contributed by atoms with Crippen LogP contribution in [0.3, 0.4) is 0 Å². The van der Waals surface area contributed by atoms with E-state index in [4.69, 9.17) is 5.41 Å². The zero-order valence-electron chi connectivity index (χ0n) is 7.77. The van der Waals surface area contributed by atoms with Gasteiger partial charge in [-0.05, 0) is 12.1 Å². The van der Waals surface area contributed by atoms with E-state index in [1.54, 1.807) is 11.1 Å². The van der Waals surface area contributed by atoms with Crippen molar-refractivity contribution < 1.29 is 0 Å². The van der Waals surface area contributed by atoms with Gasteiger partial charge in [-0.1, -0.05) is 24.3 Å². The van der Waals surface area contributed by atoms with E-state index in [1.807, 2.05) is 30.3 Å². The number of rotatable bonds is 4. The van der Waals surface area contributed by atoms with E-state index in [2.05, 4.69) is 24.6 Å². The molecule has 0 bridgehead atoms. The van der Waals surface area contributed by atoms with Gasteiger partial charge in [0, 0.05) is 6.54 Å². The summed E-state index contributed by atoms with van der Waals surface area (Å²) in [6.07, 6.45) is 1.73. The van der Waals surface area contributed by atoms with Crippen LogP contribution in [0, 0.1) is 5.41 Å². The molecule has 0 spiro atoms. The molecule has 0 unspecified atom stereocenters. The number of nitrogens with zero attached hydrogens (tertiary/aromatic N) is 1. The minimum atomic E-state index is 0.151. The Labute approximate surface area is 89.3 Å². The highest BCUT2D eigenvalue weighted by atomic mass is 32.1. The molecule has 0 amide bonds. The molecule has 0 aliphatic carbocycles. The largest absolute Gasteiger partial charge is 0.277 e. The van der Waals surface area contributed by atoms with Crippen molar-refractivity contribution in [3.63, 3.8) is 0 Å². The van der Waals surface area contributed by atoms with Crippen molar-refractivity contribution in [1.29, 1.82) is 5.41 Å². The number of hydrazine groups is 1. The Kier molecular flexibility index (Phi) is 4.22. The fourth-order valence-corrected chi connectivity index (χ4v) is 1.21. The molecule has 0 saturated carbocycles. The summed E-state index contributed by atoms with van der Waals surface area (Å²) in [5, 5.41) is 9.20. The summed E-state index contributed by atoms with van der Waals surface area (Å²) in [6, 6.07) is 9.56. The van der Waals surface area contributed by atoms with Gasteiger partial charge in [0.2, 0.25) is 0 Å². The summed E-state index contributed by atoms with van der Waals surface area (Å²) >= 11 is 3.99. The molecule has 2 N–H and O–H groups in total. The van der Waals surface area contributed by atoms with E-state index in [1.165, 1.54) is 0 Å². The minimum Gasteiger partial charge on any atom is -0.277 e. The smallest absolute Gasteiger partial charge is 0.172 e. The number of para-hydroxylation sites is 1. The lowest BCUT2D eigenvalue weighted by molar-refractivity contribution is 0.799. The maximum atomic E-state index is 7.46. The maximum absolute atomic E-state index is 7.46. The van der Waals surface area contributed by atoms with E-state index in [0.717, 1.165) is 5.69 Å². The van der Waals surface area contributed by atoms with Crippen LogP contribution in [0.25, 0.3) is 0 Å². The number of hydrogen-bond donors (Lipinski definition) is 3. The molecule has 0 aliphatic rings. The second-order valence-electron chi connectivity index (χ2n) is 2.65. The van der Waals surface area contributed by atoms with Crippen molar-refractivity contribution in [3.8, 4) is 0 Å². The third-order valence-electron chi connectivity index (χ3n) is 1.62. The zero-order chi connectivity index (χ0) is 10.4. The third-order valence-corrected chi connectivity index (χ3v) is 1.82. The first-order valence-electron chi connectivity index (χ1n) is 4.23. The monoisotopic (exact) mass is 207 g/mol. The number of benzene rings is 1. The molecule has 1 rings (SSSR count). The third kappa shape index (κ3) is 2.90. The van der Waals surface area contributed by atoms with Gasteiger partial charge in [-0.15, -0.1) is 19.2 Å². The first-order chi connectivity index (χ1) is 6.75. The SMILES string of the molecule is C=CCNN(C(=N)S)c1ccccc1. The first kappa shape index (κ1) is 10.8. The molecule has 3 nitrogen and oxygen atoms in total. The fourth-order valence-electron chi connectivity index (χ4n) is 1.02. The molecule has 0 heterocycles. The van der Waals surface area contributed by atoms with Crippen molar-refractivity contribution in [2.45, 2.75) is 0 Å². The summed E-state index contributed by atoms with van der Waals surface area (Å²) < 4.78 is 0. The van der Waals surface area contributed by atoms with Crippen molar-refractivity contribution in [1.82, 2.24) is 5.43 Å². The summed E-state index contributed by atoms with van der Waals surface area (Å²) in [6.45, 7) is 4.20. The van der Waals surface area contributed by atoms with Gasteiger partial charge in [0.15, 0.2) is 5.17 Å². The van der Waals surface area contributed by atoms with Crippen LogP contribution >= 0.6 is 12.6 Å². The minimum absolute atomic E-state index is 0.151. The van der Waals surface area contributed by atoms with Crippen LogP contribution in [-0.2, 0) is 0 Å². The van der Waals surface area contributed by atoms with E-state index in [9.17, 15) is 0 Å². The van der Waals surface area contributed by atoms with Crippen molar-refractivity contribution >= 4 is 23.5 Å². The summed E-state index contributed by atoms with van der Waals surface area (Å²) in [5.41, 5.74) is 3.88. The van der Waals surface area contributed by atoms with Crippen LogP contribution in [0.2, 0.25) is 0 Å². The van der Waals surface area contributed by atoms with Gasteiger partial charge in [0.05, 0.1) is 5.69 Å². The first-order valence-corrected chi connectivity index (χ1v) is 4.67. The molecule has 4 heteroatoms. The second kappa shape index (κ2) is 5.47. The van der Waals surface area contributed by atoms with Crippen molar-refractivity contribution in [3.05, 3.63) is 43.0 Å². The lowest BCUT2D eigenvalue weighted by atomic mass is 10.3. The van der Waals surface area contributed by atoms with Gasteiger partial charge in [0.25, 0.3) is 0 Å². The molecule has 0 aliphatic heterocycles. The van der Waals surface area contributed by atoms with E-state index < -0.39 is 0 Å². The van der Waals surface area contributed by atoms with Gasteiger partial charge in [-0.2, -0.15) is 0 Å². The normalized spacial score (nSPS) is 9.50. The predicted molar refractivity (Wildman–Crippen MR) is 63.8 cm³/mol. The molecular weight excluding hydrogens is 194 g/mol. The Hall–Kier alpha value is -1.26. The van der Waals surface area contributed by atoms with Crippen LogP contribution in [0.1, 0.15) is 0 Å². The molecule has 74 valence electrons. The number of anilines is 1. The van der Waals surface area contributed by atoms with Crippen molar-refractivity contribution in [2.75, 3.05) is 11.6 Å². The maximum Gasteiger partial charge on any atom is 0.172 e. The molecule has 0 aromatic heterocycles. The highest BCUT2D eigenvalue weighted by Gasteiger charge is 2.06. The molecule has 14 heavy (non-hydrogen) atoms. The van der Waals surface area contributed by atoms with E-state index in [-0.39, 0.29) is 5.17 Å². The molecular formula is C10H13N3S. The Bertz CT molecular complexity index is 310. The number of thiol groups is 1. The Balaban J connectivity index is 2.78. The molecule has 1 aromatic carbocycles. The van der Waals surface area contributed by atoms with Crippen LogP contribution in [0.15, 0.2) is 43.0 Å². The molecule has 0 atom stereocenters. The Morgan fingerprint density at radius 3 is 2.64 bits per heavy atom. The van der Waals surface area contributed by atoms with Gasteiger partial charge >= 0.3 is 0 Å². The Morgan fingerprint density at radius 1 is 1.50 bits per heavy atom. The van der Waals surface area contributed by atoms with Crippen LogP contribution < -0.4 is 10.4 Å². The number of hydrogen-bond acceptors (Lipinski definition) is 2. The van der Waals surface area contributed by atoms with Gasteiger partial charge in [0.1, 0.15) is 0 Å². The molecule has 0 saturated heterocycles. The summed E-state index contributed by atoms with van der Waals surface area (Å²) in [5.74, 6) is 0. The zero-order valence-corrected chi connectivity index (χ0v) is 8.67. The van der Waals surface area contributed by atoms with Gasteiger partial charge in [-0.25, -0.2) is 5.43 Å². The lowest BCUT2D eigenvalue weighted by Crippen LogP contribution is -2.40. The molecule has 0 radical (unpaired) electrons. The lowest BCUT2D eigenvalue weighted by Gasteiger charge is -2.22.